The molecule has 0 fully saturated rings. The van der Waals surface area contributed by atoms with Gasteiger partial charge in [0.05, 0.1) is 13.4 Å². The molecule has 1 nitrogen and oxygen atoms in total. The van der Waals surface area contributed by atoms with Gasteiger partial charge >= 0.3 is 0 Å². The van der Waals surface area contributed by atoms with Crippen molar-refractivity contribution in [3.8, 4) is 0 Å². The van der Waals surface area contributed by atoms with Crippen molar-refractivity contribution < 1.29 is 4.74 Å². The molecule has 0 unspecified atom stereocenters. The first-order chi connectivity index (χ1) is 2.91. The molecule has 0 amide bonds. The molecule has 0 bridgehead atoms. The Balaban J connectivity index is 0. The third-order valence-corrected chi connectivity index (χ3v) is 0.167. The molecule has 0 saturated carbocycles. The number of hydrogen-bond acceptors (Lipinski definition) is 1. The Labute approximate surface area is 39.6 Å². The molecule has 0 rings (SSSR count). The highest BCUT2D eigenvalue weighted by molar-refractivity contribution is 4.43. The van der Waals surface area contributed by atoms with Crippen molar-refractivity contribution in [1.82, 2.24) is 0 Å². The zero-order valence-corrected chi connectivity index (χ0v) is 4.69. The van der Waals surface area contributed by atoms with Gasteiger partial charge in [0.15, 0.2) is 0 Å². The van der Waals surface area contributed by atoms with Gasteiger partial charge in [-0.25, -0.2) is 0 Å². The molecule has 0 aromatic rings. The maximum Gasteiger partial charge on any atom is 0.0766 e. The minimum atomic E-state index is 1.38. The second kappa shape index (κ2) is 24.0. The Morgan fingerprint density at radius 3 is 1.67 bits per heavy atom. The van der Waals surface area contributed by atoms with Crippen molar-refractivity contribution in [2.45, 2.75) is 13.8 Å². The summed E-state index contributed by atoms with van der Waals surface area (Å²) < 4.78 is 4.31. The van der Waals surface area contributed by atoms with Gasteiger partial charge in [0, 0.05) is 0 Å². The van der Waals surface area contributed by atoms with Crippen LogP contribution in [0.4, 0.5) is 0 Å². The van der Waals surface area contributed by atoms with E-state index in [1.807, 2.05) is 13.8 Å². The van der Waals surface area contributed by atoms with Crippen LogP contribution in [0.5, 0.6) is 0 Å². The molecule has 6 heavy (non-hydrogen) atoms. The molecular formula is C5H12O. The van der Waals surface area contributed by atoms with Gasteiger partial charge in [-0.1, -0.05) is 20.4 Å². The topological polar surface area (TPSA) is 9.23 Å². The monoisotopic (exact) mass is 88.1 g/mol. The Morgan fingerprint density at radius 1 is 1.50 bits per heavy atom. The van der Waals surface area contributed by atoms with E-state index in [0.29, 0.717) is 0 Å². The molecule has 0 aromatic heterocycles. The van der Waals surface area contributed by atoms with Crippen LogP contribution in [0.1, 0.15) is 13.8 Å². The first-order valence-electron chi connectivity index (χ1n) is 2.05. The Hall–Kier alpha value is -0.460. The van der Waals surface area contributed by atoms with Crippen LogP contribution in [0.15, 0.2) is 12.8 Å². The molecule has 0 saturated heterocycles. The Bertz CT molecular complexity index is 17.9. The van der Waals surface area contributed by atoms with Crippen LogP contribution >= 0.6 is 0 Å². The van der Waals surface area contributed by atoms with Gasteiger partial charge in [-0.3, -0.25) is 0 Å². The van der Waals surface area contributed by atoms with Crippen molar-refractivity contribution in [1.29, 1.82) is 0 Å². The maximum absolute atomic E-state index is 4.31. The second-order valence-corrected chi connectivity index (χ2v) is 0.402. The van der Waals surface area contributed by atoms with E-state index in [9.17, 15) is 0 Å². The molecule has 1 heteroatoms. The molecule has 0 N–H and O–H groups in total. The number of hydrogen-bond donors (Lipinski definition) is 0. The zero-order valence-electron chi connectivity index (χ0n) is 4.69. The molecule has 0 atom stereocenters. The summed E-state index contributed by atoms with van der Waals surface area (Å²) in [5.41, 5.74) is 0. The van der Waals surface area contributed by atoms with Crippen LogP contribution in [0.3, 0.4) is 0 Å². The lowest BCUT2D eigenvalue weighted by molar-refractivity contribution is 0.339. The van der Waals surface area contributed by atoms with E-state index in [1.54, 1.807) is 7.11 Å². The van der Waals surface area contributed by atoms with Gasteiger partial charge in [0.25, 0.3) is 0 Å². The highest BCUT2D eigenvalue weighted by Gasteiger charge is 1.36. The third kappa shape index (κ3) is 78.3. The molecule has 0 aliphatic heterocycles. The average Bonchev–Trinajstić information content (AvgIpc) is 1.72. The maximum atomic E-state index is 4.31. The van der Waals surface area contributed by atoms with Gasteiger partial charge in [0.1, 0.15) is 0 Å². The van der Waals surface area contributed by atoms with E-state index >= 15 is 0 Å². The summed E-state index contributed by atoms with van der Waals surface area (Å²) in [5, 5.41) is 0. The summed E-state index contributed by atoms with van der Waals surface area (Å²) in [5.74, 6) is 0. The Morgan fingerprint density at radius 2 is 1.67 bits per heavy atom. The summed E-state index contributed by atoms with van der Waals surface area (Å²) in [4.78, 5) is 0. The van der Waals surface area contributed by atoms with Crippen LogP contribution < -0.4 is 0 Å². The fourth-order valence-corrected chi connectivity index (χ4v) is 0. The average molecular weight is 88.1 g/mol. The molecule has 0 heterocycles. The zero-order chi connectivity index (χ0) is 5.41. The van der Waals surface area contributed by atoms with Crippen LogP contribution in [0.2, 0.25) is 0 Å². The molecule has 0 aromatic carbocycles. The lowest BCUT2D eigenvalue weighted by Gasteiger charge is -1.73. The molecule has 0 spiro atoms. The quantitative estimate of drug-likeness (QED) is 0.444. The van der Waals surface area contributed by atoms with Crippen molar-refractivity contribution in [3.63, 3.8) is 0 Å². The highest BCUT2D eigenvalue weighted by Crippen LogP contribution is 1.52. The molecule has 0 aliphatic carbocycles. The van der Waals surface area contributed by atoms with Crippen LogP contribution in [0, 0.1) is 0 Å². The minimum absolute atomic E-state index is 1.38. The van der Waals surface area contributed by atoms with Gasteiger partial charge < -0.3 is 4.74 Å². The first kappa shape index (κ1) is 9.11. The van der Waals surface area contributed by atoms with Gasteiger partial charge in [-0.05, 0) is 0 Å². The largest absolute Gasteiger partial charge is 0.505 e. The standard InChI is InChI=1S/C3H6O.C2H6/c1-3-4-2;1-2/h3H,1H2,2H3;1-2H3. The second-order valence-electron chi connectivity index (χ2n) is 0.402. The fraction of sp³-hybridized carbons (Fsp3) is 0.600. The number of ether oxygens (including phenoxy) is 1. The molecular weight excluding hydrogens is 76.1 g/mol. The van der Waals surface area contributed by atoms with Gasteiger partial charge in [-0.15, -0.1) is 0 Å². The predicted octanol–water partition coefficient (Wildman–Crippen LogP) is 1.80. The summed E-state index contributed by atoms with van der Waals surface area (Å²) >= 11 is 0. The number of methoxy groups -OCH3 is 1. The van der Waals surface area contributed by atoms with Crippen molar-refractivity contribution in [2.24, 2.45) is 0 Å². The SMILES string of the molecule is C=COC.CC. The normalized spacial score (nSPS) is 4.50. The number of rotatable bonds is 1. The van der Waals surface area contributed by atoms with E-state index in [0.717, 1.165) is 0 Å². The lowest BCUT2D eigenvalue weighted by atomic mass is 11.0. The summed E-state index contributed by atoms with van der Waals surface area (Å²) in [6, 6.07) is 0. The van der Waals surface area contributed by atoms with Crippen LogP contribution in [0.25, 0.3) is 0 Å². The van der Waals surface area contributed by atoms with Crippen molar-refractivity contribution in [3.05, 3.63) is 12.8 Å². The van der Waals surface area contributed by atoms with E-state index in [-0.39, 0.29) is 0 Å². The summed E-state index contributed by atoms with van der Waals surface area (Å²) in [6.45, 7) is 7.26. The molecule has 0 radical (unpaired) electrons. The van der Waals surface area contributed by atoms with Crippen LogP contribution in [-0.4, -0.2) is 7.11 Å². The van der Waals surface area contributed by atoms with Gasteiger partial charge in [0.2, 0.25) is 0 Å². The fourth-order valence-electron chi connectivity index (χ4n) is 0. The van der Waals surface area contributed by atoms with Crippen molar-refractivity contribution in [2.75, 3.05) is 7.11 Å². The van der Waals surface area contributed by atoms with E-state index in [1.165, 1.54) is 6.26 Å². The first-order valence-corrected chi connectivity index (χ1v) is 2.05. The lowest BCUT2D eigenvalue weighted by Crippen LogP contribution is -1.54. The smallest absolute Gasteiger partial charge is 0.0766 e. The van der Waals surface area contributed by atoms with Gasteiger partial charge in [-0.2, -0.15) is 0 Å². The summed E-state index contributed by atoms with van der Waals surface area (Å²) in [6.07, 6.45) is 1.38. The van der Waals surface area contributed by atoms with E-state index < -0.39 is 0 Å². The predicted molar refractivity (Wildman–Crippen MR) is 28.6 cm³/mol. The Kier molecular flexibility index (Phi) is 36.4. The van der Waals surface area contributed by atoms with Crippen molar-refractivity contribution >= 4 is 0 Å². The third-order valence-electron chi connectivity index (χ3n) is 0.167. The van der Waals surface area contributed by atoms with Crippen LogP contribution in [-0.2, 0) is 4.74 Å². The minimum Gasteiger partial charge on any atom is -0.505 e. The van der Waals surface area contributed by atoms with E-state index in [4.69, 9.17) is 0 Å². The summed E-state index contributed by atoms with van der Waals surface area (Å²) in [7, 11) is 1.56. The molecule has 38 valence electrons. The van der Waals surface area contributed by atoms with E-state index in [2.05, 4.69) is 11.3 Å². The highest BCUT2D eigenvalue weighted by atomic mass is 16.5. The molecule has 0 aliphatic rings.